The van der Waals surface area contributed by atoms with E-state index in [1.54, 1.807) is 12.1 Å². The molecule has 1 aromatic rings. The lowest BCUT2D eigenvalue weighted by Gasteiger charge is -2.06. The summed E-state index contributed by atoms with van der Waals surface area (Å²) < 4.78 is 0. The lowest BCUT2D eigenvalue weighted by atomic mass is 9.98. The highest BCUT2D eigenvalue weighted by Crippen LogP contribution is 2.12. The van der Waals surface area contributed by atoms with Crippen LogP contribution >= 0.6 is 0 Å². The first-order valence-electron chi connectivity index (χ1n) is 5.75. The van der Waals surface area contributed by atoms with Gasteiger partial charge in [0, 0.05) is 5.56 Å². The lowest BCUT2D eigenvalue weighted by molar-refractivity contribution is -0.113. The van der Waals surface area contributed by atoms with Gasteiger partial charge in [0.2, 0.25) is 0 Å². The zero-order chi connectivity index (χ0) is 13.0. The van der Waals surface area contributed by atoms with E-state index >= 15 is 0 Å². The molecule has 0 spiro atoms. The van der Waals surface area contributed by atoms with Gasteiger partial charge < -0.3 is 0 Å². The zero-order valence-corrected chi connectivity index (χ0v) is 10.6. The molecule has 0 amide bonds. The number of carbonyl (C=O) groups is 2. The van der Waals surface area contributed by atoms with E-state index in [-0.39, 0.29) is 17.1 Å². The molecule has 0 atom stereocenters. The second-order valence-corrected chi connectivity index (χ2v) is 4.66. The smallest absolute Gasteiger partial charge is 0.195 e. The quantitative estimate of drug-likeness (QED) is 0.337. The molecule has 0 aliphatic rings. The Bertz CT molecular complexity index is 438. The summed E-state index contributed by atoms with van der Waals surface area (Å²) >= 11 is 0. The van der Waals surface area contributed by atoms with Crippen LogP contribution in [0.4, 0.5) is 0 Å². The summed E-state index contributed by atoms with van der Waals surface area (Å²) in [6, 6.07) is 7.38. The largest absolute Gasteiger partial charge is 0.294 e. The van der Waals surface area contributed by atoms with Crippen LogP contribution < -0.4 is 0 Å². The molecule has 0 aliphatic carbocycles. The fraction of sp³-hybridized carbons (Fsp3) is 0.333. The molecule has 0 unspecified atom stereocenters. The van der Waals surface area contributed by atoms with Crippen LogP contribution in [0.5, 0.6) is 0 Å². The minimum Gasteiger partial charge on any atom is -0.294 e. The summed E-state index contributed by atoms with van der Waals surface area (Å²) in [5, 5.41) is 0. The van der Waals surface area contributed by atoms with Crippen LogP contribution in [-0.4, -0.2) is 11.6 Å². The minimum absolute atomic E-state index is 0.0432. The molecule has 2 heteroatoms. The monoisotopic (exact) mass is 230 g/mol. The number of rotatable bonds is 5. The molecule has 0 radical (unpaired) electrons. The van der Waals surface area contributed by atoms with Gasteiger partial charge in [-0.25, -0.2) is 0 Å². The normalized spacial score (nSPS) is 10.4. The highest BCUT2D eigenvalue weighted by atomic mass is 16.1. The van der Waals surface area contributed by atoms with Gasteiger partial charge in [-0.3, -0.25) is 9.59 Å². The van der Waals surface area contributed by atoms with Crippen molar-refractivity contribution in [2.24, 2.45) is 5.92 Å². The predicted molar refractivity (Wildman–Crippen MR) is 69.1 cm³/mol. The van der Waals surface area contributed by atoms with Crippen molar-refractivity contribution in [2.75, 3.05) is 0 Å². The van der Waals surface area contributed by atoms with Gasteiger partial charge >= 0.3 is 0 Å². The standard InChI is InChI=1S/C15H18O2/c1-10(2)9-13-5-7-14(8-6-13)15(17)11(3)12(4)16/h5-8,10H,3,9H2,1-2,4H3. The molecule has 1 aromatic carbocycles. The highest BCUT2D eigenvalue weighted by Gasteiger charge is 2.13. The van der Waals surface area contributed by atoms with Gasteiger partial charge in [0.15, 0.2) is 11.6 Å². The molecule has 0 aromatic heterocycles. The molecular weight excluding hydrogens is 212 g/mol. The van der Waals surface area contributed by atoms with E-state index in [0.29, 0.717) is 11.5 Å². The molecule has 0 heterocycles. The van der Waals surface area contributed by atoms with Crippen LogP contribution in [-0.2, 0) is 11.2 Å². The molecule has 2 nitrogen and oxygen atoms in total. The molecule has 90 valence electrons. The lowest BCUT2D eigenvalue weighted by Crippen LogP contribution is -2.09. The summed E-state index contributed by atoms with van der Waals surface area (Å²) in [5.41, 5.74) is 1.77. The number of benzene rings is 1. The summed E-state index contributed by atoms with van der Waals surface area (Å²) in [6.45, 7) is 9.16. The van der Waals surface area contributed by atoms with Crippen molar-refractivity contribution in [1.82, 2.24) is 0 Å². The Morgan fingerprint density at radius 1 is 1.18 bits per heavy atom. The number of hydrogen-bond donors (Lipinski definition) is 0. The molecule has 0 fully saturated rings. The second kappa shape index (κ2) is 5.58. The van der Waals surface area contributed by atoms with E-state index in [4.69, 9.17) is 0 Å². The van der Waals surface area contributed by atoms with Gasteiger partial charge in [-0.2, -0.15) is 0 Å². The Hall–Kier alpha value is -1.70. The van der Waals surface area contributed by atoms with Gasteiger partial charge in [0.25, 0.3) is 0 Å². The van der Waals surface area contributed by atoms with Gasteiger partial charge in [0.05, 0.1) is 5.57 Å². The summed E-state index contributed by atoms with van der Waals surface area (Å²) in [5.74, 6) is 0.0265. The SMILES string of the molecule is C=C(C(C)=O)C(=O)c1ccc(CC(C)C)cc1. The Morgan fingerprint density at radius 2 is 1.71 bits per heavy atom. The van der Waals surface area contributed by atoms with E-state index in [1.807, 2.05) is 12.1 Å². The minimum atomic E-state index is -0.284. The molecule has 0 N–H and O–H groups in total. The van der Waals surface area contributed by atoms with Gasteiger partial charge in [0.1, 0.15) is 0 Å². The van der Waals surface area contributed by atoms with Crippen molar-refractivity contribution in [1.29, 1.82) is 0 Å². The van der Waals surface area contributed by atoms with E-state index in [9.17, 15) is 9.59 Å². The molecule has 0 aliphatic heterocycles. The Kier molecular flexibility index (Phi) is 4.38. The average molecular weight is 230 g/mol. The van der Waals surface area contributed by atoms with Crippen LogP contribution in [0.3, 0.4) is 0 Å². The van der Waals surface area contributed by atoms with Crippen LogP contribution in [0.25, 0.3) is 0 Å². The number of Topliss-reactive ketones (excluding diaryl/α,β-unsaturated/α-hetero) is 2. The molecular formula is C15H18O2. The predicted octanol–water partition coefficient (Wildman–Crippen LogP) is 3.21. The van der Waals surface area contributed by atoms with Crippen LogP contribution in [0.1, 0.15) is 36.7 Å². The molecule has 17 heavy (non-hydrogen) atoms. The van der Waals surface area contributed by atoms with Crippen LogP contribution in [0.2, 0.25) is 0 Å². The third kappa shape index (κ3) is 3.66. The van der Waals surface area contributed by atoms with E-state index in [0.717, 1.165) is 6.42 Å². The summed E-state index contributed by atoms with van der Waals surface area (Å²) in [4.78, 5) is 22.8. The first-order valence-corrected chi connectivity index (χ1v) is 5.75. The van der Waals surface area contributed by atoms with Crippen LogP contribution in [0, 0.1) is 5.92 Å². The van der Waals surface area contributed by atoms with Crippen molar-refractivity contribution in [3.05, 3.63) is 47.5 Å². The fourth-order valence-electron chi connectivity index (χ4n) is 1.60. The number of ketones is 2. The van der Waals surface area contributed by atoms with Crippen LogP contribution in [0.15, 0.2) is 36.4 Å². The zero-order valence-electron chi connectivity index (χ0n) is 10.6. The highest BCUT2D eigenvalue weighted by molar-refractivity contribution is 6.25. The molecule has 0 bridgehead atoms. The maximum absolute atomic E-state index is 11.8. The maximum Gasteiger partial charge on any atom is 0.195 e. The fourth-order valence-corrected chi connectivity index (χ4v) is 1.60. The van der Waals surface area contributed by atoms with Crippen molar-refractivity contribution < 1.29 is 9.59 Å². The molecule has 0 saturated carbocycles. The van der Waals surface area contributed by atoms with Crippen molar-refractivity contribution in [3.63, 3.8) is 0 Å². The summed E-state index contributed by atoms with van der Waals surface area (Å²) in [6.07, 6.45) is 0.988. The topological polar surface area (TPSA) is 34.1 Å². The molecule has 1 rings (SSSR count). The third-order valence-electron chi connectivity index (χ3n) is 2.56. The van der Waals surface area contributed by atoms with Gasteiger partial charge in [-0.05, 0) is 24.8 Å². The number of carbonyl (C=O) groups excluding carboxylic acids is 2. The number of hydrogen-bond acceptors (Lipinski definition) is 2. The van der Waals surface area contributed by atoms with Crippen molar-refractivity contribution >= 4 is 11.6 Å². The Balaban J connectivity index is 2.84. The number of allylic oxidation sites excluding steroid dienone is 1. The van der Waals surface area contributed by atoms with Crippen molar-refractivity contribution in [3.8, 4) is 0 Å². The molecule has 0 saturated heterocycles. The summed E-state index contributed by atoms with van der Waals surface area (Å²) in [7, 11) is 0. The third-order valence-corrected chi connectivity index (χ3v) is 2.56. The second-order valence-electron chi connectivity index (χ2n) is 4.66. The first-order chi connectivity index (χ1) is 7.91. The first kappa shape index (κ1) is 13.4. The van der Waals surface area contributed by atoms with Gasteiger partial charge in [-0.15, -0.1) is 0 Å². The van der Waals surface area contributed by atoms with Gasteiger partial charge in [-0.1, -0.05) is 44.7 Å². The maximum atomic E-state index is 11.8. The van der Waals surface area contributed by atoms with E-state index < -0.39 is 0 Å². The average Bonchev–Trinajstić information content (AvgIpc) is 2.27. The van der Waals surface area contributed by atoms with E-state index in [1.165, 1.54) is 12.5 Å². The van der Waals surface area contributed by atoms with Crippen molar-refractivity contribution in [2.45, 2.75) is 27.2 Å². The Labute approximate surface area is 102 Å². The van der Waals surface area contributed by atoms with E-state index in [2.05, 4.69) is 20.4 Å². The Morgan fingerprint density at radius 3 is 2.12 bits per heavy atom.